The van der Waals surface area contributed by atoms with Gasteiger partial charge >= 0.3 is 0 Å². The van der Waals surface area contributed by atoms with Gasteiger partial charge in [0.2, 0.25) is 0 Å². The molecule has 34 heavy (non-hydrogen) atoms. The molecule has 1 aliphatic carbocycles. The van der Waals surface area contributed by atoms with E-state index in [0.29, 0.717) is 23.5 Å². The average molecular weight is 477 g/mol. The largest absolute Gasteiger partial charge is 0.492 e. The van der Waals surface area contributed by atoms with Gasteiger partial charge in [-0.1, -0.05) is 25.8 Å². The van der Waals surface area contributed by atoms with Gasteiger partial charge in [0.25, 0.3) is 0 Å². The number of halogens is 1. The second kappa shape index (κ2) is 11.7. The Morgan fingerprint density at radius 2 is 1.91 bits per heavy atom. The van der Waals surface area contributed by atoms with Gasteiger partial charge in [-0.05, 0) is 57.2 Å². The molecule has 3 rings (SSSR count). The van der Waals surface area contributed by atoms with Gasteiger partial charge < -0.3 is 14.8 Å². The summed E-state index contributed by atoms with van der Waals surface area (Å²) < 4.78 is 26.9. The second-order valence-electron chi connectivity index (χ2n) is 9.94. The van der Waals surface area contributed by atoms with Crippen molar-refractivity contribution in [1.29, 1.82) is 0 Å². The number of likely N-dealkylation sites (N-methyl/N-ethyl adjacent to an activating group) is 1. The minimum Gasteiger partial charge on any atom is -0.492 e. The zero-order chi connectivity index (χ0) is 24.8. The summed E-state index contributed by atoms with van der Waals surface area (Å²) >= 11 is 0. The van der Waals surface area contributed by atoms with Crippen LogP contribution in [0.3, 0.4) is 0 Å². The monoisotopic (exact) mass is 476 g/mol. The highest BCUT2D eigenvalue weighted by Crippen LogP contribution is 2.51. The molecule has 1 heterocycles. The first-order valence-corrected chi connectivity index (χ1v) is 12.7. The summed E-state index contributed by atoms with van der Waals surface area (Å²) in [5.74, 6) is -0.0854. The number of nitrogens with zero attached hydrogens (tertiary/aromatic N) is 1. The van der Waals surface area contributed by atoms with Crippen LogP contribution in [0.4, 0.5) is 4.39 Å². The quantitative estimate of drug-likeness (QED) is 0.462. The first kappa shape index (κ1) is 26.8. The zero-order valence-electron chi connectivity index (χ0n) is 21.3. The number of hydrogen-bond acceptors (Lipinski definition) is 6. The molecule has 0 radical (unpaired) electrons. The molecule has 6 nitrogen and oxygen atoms in total. The molecule has 1 aliphatic heterocycles. The maximum Gasteiger partial charge on any atom is 0.161 e. The number of carbonyl (C=O) groups is 2. The van der Waals surface area contributed by atoms with Crippen molar-refractivity contribution in [3.05, 3.63) is 29.1 Å². The van der Waals surface area contributed by atoms with Gasteiger partial charge in [-0.2, -0.15) is 0 Å². The Hall–Kier alpha value is -1.83. The molecule has 0 aromatic heterocycles. The predicted octanol–water partition coefficient (Wildman–Crippen LogP) is 3.86. The van der Waals surface area contributed by atoms with Crippen molar-refractivity contribution in [2.75, 3.05) is 46.5 Å². The minimum atomic E-state index is -0.976. The van der Waals surface area contributed by atoms with Crippen LogP contribution in [0.1, 0.15) is 63.5 Å². The minimum absolute atomic E-state index is 0.130. The van der Waals surface area contributed by atoms with Gasteiger partial charge in [-0.3, -0.25) is 14.5 Å². The number of Topliss-reactive ketones (excluding diaryl/α,β-unsaturated/α-hetero) is 2. The van der Waals surface area contributed by atoms with Crippen LogP contribution >= 0.6 is 0 Å². The SMILES string of the molecule is CCC1(C(Cc2ccc(OCCN3CCOCC3)c(C)c2F)(NC)C(=O)CC(C)=O)CCCC1. The van der Waals surface area contributed by atoms with E-state index in [-0.39, 0.29) is 35.6 Å². The molecule has 1 N–H and O–H groups in total. The van der Waals surface area contributed by atoms with Crippen LogP contribution in [-0.2, 0) is 20.7 Å². The lowest BCUT2D eigenvalue weighted by molar-refractivity contribution is -0.135. The number of carbonyl (C=O) groups excluding carboxylic acids is 2. The number of nitrogens with one attached hydrogen (secondary N) is 1. The third kappa shape index (κ3) is 5.52. The van der Waals surface area contributed by atoms with E-state index in [2.05, 4.69) is 17.1 Å². The van der Waals surface area contributed by atoms with Crippen LogP contribution in [0.15, 0.2) is 12.1 Å². The number of ketones is 2. The lowest BCUT2D eigenvalue weighted by atomic mass is 9.61. The molecule has 2 fully saturated rings. The first-order valence-electron chi connectivity index (χ1n) is 12.7. The van der Waals surface area contributed by atoms with E-state index in [1.807, 2.05) is 6.07 Å². The van der Waals surface area contributed by atoms with Gasteiger partial charge in [0, 0.05) is 31.6 Å². The Balaban J connectivity index is 1.83. The number of rotatable bonds is 12. The van der Waals surface area contributed by atoms with E-state index < -0.39 is 5.54 Å². The number of benzene rings is 1. The van der Waals surface area contributed by atoms with Crippen molar-refractivity contribution in [1.82, 2.24) is 10.2 Å². The molecule has 0 bridgehead atoms. The van der Waals surface area contributed by atoms with Crippen molar-refractivity contribution in [2.45, 2.75) is 71.3 Å². The lowest BCUT2D eigenvalue weighted by Gasteiger charge is -2.48. The normalized spacial score (nSPS) is 20.1. The summed E-state index contributed by atoms with van der Waals surface area (Å²) in [5, 5.41) is 3.32. The van der Waals surface area contributed by atoms with Crippen molar-refractivity contribution >= 4 is 11.6 Å². The maximum absolute atomic E-state index is 15.6. The van der Waals surface area contributed by atoms with E-state index >= 15 is 4.39 Å². The van der Waals surface area contributed by atoms with Gasteiger partial charge in [0.1, 0.15) is 24.0 Å². The van der Waals surface area contributed by atoms with Crippen LogP contribution in [-0.4, -0.2) is 68.5 Å². The van der Waals surface area contributed by atoms with Crippen molar-refractivity contribution in [3.63, 3.8) is 0 Å². The van der Waals surface area contributed by atoms with E-state index in [1.165, 1.54) is 6.92 Å². The summed E-state index contributed by atoms with van der Waals surface area (Å²) in [4.78, 5) is 27.8. The van der Waals surface area contributed by atoms with E-state index in [4.69, 9.17) is 9.47 Å². The molecule has 1 saturated heterocycles. The highest BCUT2D eigenvalue weighted by molar-refractivity contribution is 6.03. The number of ether oxygens (including phenoxy) is 2. The van der Waals surface area contributed by atoms with Crippen molar-refractivity contribution < 1.29 is 23.5 Å². The van der Waals surface area contributed by atoms with E-state index in [9.17, 15) is 9.59 Å². The third-order valence-electron chi connectivity index (χ3n) is 8.10. The molecule has 190 valence electrons. The van der Waals surface area contributed by atoms with E-state index in [1.54, 1.807) is 20.0 Å². The molecule has 1 aromatic carbocycles. The molecule has 7 heteroatoms. The molecule has 0 spiro atoms. The summed E-state index contributed by atoms with van der Waals surface area (Å²) in [7, 11) is 1.78. The van der Waals surface area contributed by atoms with Crippen LogP contribution in [0.5, 0.6) is 5.75 Å². The fraction of sp³-hybridized carbons (Fsp3) is 0.704. The third-order valence-corrected chi connectivity index (χ3v) is 8.10. The van der Waals surface area contributed by atoms with Crippen LogP contribution in [0.25, 0.3) is 0 Å². The predicted molar refractivity (Wildman–Crippen MR) is 131 cm³/mol. The Bertz CT molecular complexity index is 862. The van der Waals surface area contributed by atoms with Crippen LogP contribution in [0.2, 0.25) is 0 Å². The fourth-order valence-corrected chi connectivity index (χ4v) is 6.00. The topological polar surface area (TPSA) is 67.9 Å². The van der Waals surface area contributed by atoms with Gasteiger partial charge in [-0.25, -0.2) is 4.39 Å². The average Bonchev–Trinajstić information content (AvgIpc) is 3.32. The number of morpholine rings is 1. The summed E-state index contributed by atoms with van der Waals surface area (Å²) in [6, 6.07) is 3.56. The molecule has 1 atom stereocenters. The summed E-state index contributed by atoms with van der Waals surface area (Å²) in [6.45, 7) is 9.76. The smallest absolute Gasteiger partial charge is 0.161 e. The highest BCUT2D eigenvalue weighted by atomic mass is 19.1. The Morgan fingerprint density at radius 3 is 2.50 bits per heavy atom. The van der Waals surface area contributed by atoms with Gasteiger partial charge in [0.05, 0.1) is 25.2 Å². The first-order chi connectivity index (χ1) is 16.3. The molecular weight excluding hydrogens is 435 g/mol. The molecule has 2 aliphatic rings. The fourth-order valence-electron chi connectivity index (χ4n) is 6.00. The van der Waals surface area contributed by atoms with E-state index in [0.717, 1.165) is 65.0 Å². The zero-order valence-corrected chi connectivity index (χ0v) is 21.3. The molecule has 1 unspecified atom stereocenters. The van der Waals surface area contributed by atoms with Gasteiger partial charge in [-0.15, -0.1) is 0 Å². The summed E-state index contributed by atoms with van der Waals surface area (Å²) in [6.07, 6.45) is 4.79. The van der Waals surface area contributed by atoms with Crippen molar-refractivity contribution in [3.8, 4) is 5.75 Å². The van der Waals surface area contributed by atoms with Crippen LogP contribution in [0, 0.1) is 18.2 Å². The summed E-state index contributed by atoms with van der Waals surface area (Å²) in [5.41, 5.74) is -0.317. The van der Waals surface area contributed by atoms with Crippen LogP contribution < -0.4 is 10.1 Å². The number of hydrogen-bond donors (Lipinski definition) is 1. The second-order valence-corrected chi connectivity index (χ2v) is 9.94. The Morgan fingerprint density at radius 1 is 1.24 bits per heavy atom. The van der Waals surface area contributed by atoms with Crippen molar-refractivity contribution in [2.24, 2.45) is 5.41 Å². The molecule has 1 saturated carbocycles. The lowest BCUT2D eigenvalue weighted by Crippen LogP contribution is -2.63. The maximum atomic E-state index is 15.6. The molecule has 1 aromatic rings. The molecule has 0 amide bonds. The standard InChI is InChI=1S/C27H41FN2O4/c1-5-26(10-6-7-11-26)27(29-4,24(32)18-20(2)31)19-22-8-9-23(21(3)25(22)28)34-17-14-30-12-15-33-16-13-30/h8-9,29H,5-7,10-19H2,1-4H3. The highest BCUT2D eigenvalue weighted by Gasteiger charge is 2.55. The molecular formula is C27H41FN2O4. The Labute approximate surface area is 203 Å². The Kier molecular flexibility index (Phi) is 9.24. The van der Waals surface area contributed by atoms with Gasteiger partial charge in [0.15, 0.2) is 5.78 Å².